The molecule has 0 fully saturated rings. The molecule has 1 atom stereocenters. The number of nitrogens with zero attached hydrogens (tertiary/aromatic N) is 2. The average Bonchev–Trinajstić information content (AvgIpc) is 2.76. The molecule has 2 aromatic rings. The molecular weight excluding hydrogens is 376 g/mol. The summed E-state index contributed by atoms with van der Waals surface area (Å²) in [6.07, 6.45) is 6.37. The molecule has 0 aliphatic heterocycles. The third kappa shape index (κ3) is 6.71. The molecule has 5 nitrogen and oxygen atoms in total. The molecule has 1 N–H and O–H groups in total. The minimum absolute atomic E-state index is 0.0917. The number of ketones is 2. The second-order valence-electron chi connectivity index (χ2n) is 7.42. The minimum Gasteiger partial charge on any atom is -0.395 e. The van der Waals surface area contributed by atoms with Crippen LogP contribution < -0.4 is 9.80 Å². The van der Waals surface area contributed by atoms with E-state index in [2.05, 4.69) is 0 Å². The monoisotopic (exact) mass is 406 g/mol. The second-order valence-corrected chi connectivity index (χ2v) is 7.42. The van der Waals surface area contributed by atoms with Crippen LogP contribution in [0.1, 0.15) is 18.1 Å². The maximum absolute atomic E-state index is 12.4. The van der Waals surface area contributed by atoms with E-state index in [1.54, 1.807) is 19.1 Å². The smallest absolute Gasteiger partial charge is 0.166 e. The molecule has 0 radical (unpaired) electrons. The summed E-state index contributed by atoms with van der Waals surface area (Å²) < 4.78 is 0. The number of rotatable bonds is 10. The van der Waals surface area contributed by atoms with Crippen molar-refractivity contribution in [2.24, 2.45) is 5.92 Å². The van der Waals surface area contributed by atoms with Crippen LogP contribution in [-0.2, 0) is 9.59 Å². The van der Waals surface area contributed by atoms with Crippen LogP contribution in [0.4, 0.5) is 11.4 Å². The normalized spacial score (nSPS) is 12.3. The molecule has 5 heteroatoms. The van der Waals surface area contributed by atoms with Gasteiger partial charge in [0.05, 0.1) is 12.5 Å². The van der Waals surface area contributed by atoms with Gasteiger partial charge in [-0.1, -0.05) is 36.4 Å². The van der Waals surface area contributed by atoms with Crippen molar-refractivity contribution in [2.45, 2.75) is 6.92 Å². The lowest BCUT2D eigenvalue weighted by atomic mass is 9.99. The molecule has 0 saturated heterocycles. The van der Waals surface area contributed by atoms with Gasteiger partial charge in [0.15, 0.2) is 11.6 Å². The zero-order valence-corrected chi connectivity index (χ0v) is 18.1. The van der Waals surface area contributed by atoms with Crippen molar-refractivity contribution in [3.8, 4) is 0 Å². The van der Waals surface area contributed by atoms with Crippen LogP contribution in [0.2, 0.25) is 0 Å². The molecule has 0 saturated carbocycles. The van der Waals surface area contributed by atoms with E-state index < -0.39 is 5.92 Å². The molecule has 1 unspecified atom stereocenters. The topological polar surface area (TPSA) is 60.9 Å². The van der Waals surface area contributed by atoms with E-state index in [-0.39, 0.29) is 18.2 Å². The van der Waals surface area contributed by atoms with E-state index in [1.807, 2.05) is 79.5 Å². The number of likely N-dealkylation sites (N-methyl/N-ethyl adjacent to an activating group) is 1. The van der Waals surface area contributed by atoms with Crippen LogP contribution in [0.15, 0.2) is 60.7 Å². The highest BCUT2D eigenvalue weighted by Crippen LogP contribution is 2.16. The molecule has 0 heterocycles. The van der Waals surface area contributed by atoms with E-state index in [0.717, 1.165) is 22.5 Å². The maximum atomic E-state index is 12.4. The van der Waals surface area contributed by atoms with Crippen molar-refractivity contribution in [3.05, 3.63) is 71.8 Å². The summed E-state index contributed by atoms with van der Waals surface area (Å²) in [6.45, 7) is 2.27. The van der Waals surface area contributed by atoms with Gasteiger partial charge in [0.1, 0.15) is 0 Å². The number of allylic oxidation sites excluding steroid dienone is 2. The molecule has 0 aliphatic carbocycles. The Bertz CT molecular complexity index is 897. The fourth-order valence-electron chi connectivity index (χ4n) is 2.79. The number of hydrogen-bond acceptors (Lipinski definition) is 5. The molecule has 0 bridgehead atoms. The van der Waals surface area contributed by atoms with Gasteiger partial charge < -0.3 is 14.9 Å². The molecule has 0 spiro atoms. The summed E-state index contributed by atoms with van der Waals surface area (Å²) in [7, 11) is 5.85. The number of anilines is 2. The second kappa shape index (κ2) is 11.1. The lowest BCUT2D eigenvalue weighted by molar-refractivity contribution is -0.126. The predicted molar refractivity (Wildman–Crippen MR) is 125 cm³/mol. The Kier molecular flexibility index (Phi) is 8.56. The van der Waals surface area contributed by atoms with Crippen molar-refractivity contribution >= 4 is 35.1 Å². The van der Waals surface area contributed by atoms with Crippen LogP contribution in [-0.4, -0.2) is 51.0 Å². The summed E-state index contributed by atoms with van der Waals surface area (Å²) >= 11 is 0. The van der Waals surface area contributed by atoms with Gasteiger partial charge in [-0.05, 0) is 54.5 Å². The summed E-state index contributed by atoms with van der Waals surface area (Å²) in [5.74, 6) is -1.18. The average molecular weight is 407 g/mol. The van der Waals surface area contributed by atoms with Gasteiger partial charge in [-0.25, -0.2) is 0 Å². The Morgan fingerprint density at radius 3 is 1.67 bits per heavy atom. The van der Waals surface area contributed by atoms with Gasteiger partial charge >= 0.3 is 0 Å². The zero-order valence-electron chi connectivity index (χ0n) is 18.1. The Morgan fingerprint density at radius 1 is 0.833 bits per heavy atom. The van der Waals surface area contributed by atoms with Gasteiger partial charge in [0.25, 0.3) is 0 Å². The van der Waals surface area contributed by atoms with Gasteiger partial charge in [-0.3, -0.25) is 9.59 Å². The molecular formula is C25H30N2O3. The van der Waals surface area contributed by atoms with E-state index >= 15 is 0 Å². The molecule has 0 aliphatic rings. The van der Waals surface area contributed by atoms with Crippen molar-refractivity contribution in [1.82, 2.24) is 0 Å². The first-order valence-corrected chi connectivity index (χ1v) is 9.95. The van der Waals surface area contributed by atoms with Crippen LogP contribution in [0.3, 0.4) is 0 Å². The SMILES string of the molecule is CC(C(=O)/C=C/c1ccc(N(C)C)cc1)C(=O)/C=C/c1ccc(N(C)CCO)cc1. The number of hydrogen-bond donors (Lipinski definition) is 1. The molecule has 158 valence electrons. The number of carbonyl (C=O) groups excluding carboxylic acids is 2. The van der Waals surface area contributed by atoms with E-state index in [4.69, 9.17) is 5.11 Å². The lowest BCUT2D eigenvalue weighted by Gasteiger charge is -2.17. The summed E-state index contributed by atoms with van der Waals surface area (Å²) in [4.78, 5) is 28.7. The first kappa shape index (κ1) is 23.1. The molecule has 0 amide bonds. The van der Waals surface area contributed by atoms with Crippen molar-refractivity contribution < 1.29 is 14.7 Å². The fourth-order valence-corrected chi connectivity index (χ4v) is 2.79. The fraction of sp³-hybridized carbons (Fsp3) is 0.280. The largest absolute Gasteiger partial charge is 0.395 e. The van der Waals surface area contributed by atoms with Crippen LogP contribution in [0.25, 0.3) is 12.2 Å². The number of aliphatic hydroxyl groups excluding tert-OH is 1. The van der Waals surface area contributed by atoms with Gasteiger partial charge in [0, 0.05) is 39.1 Å². The Labute approximate surface area is 178 Å². The third-order valence-electron chi connectivity index (χ3n) is 4.91. The van der Waals surface area contributed by atoms with Gasteiger partial charge in [-0.15, -0.1) is 0 Å². The van der Waals surface area contributed by atoms with Gasteiger partial charge in [0.2, 0.25) is 0 Å². The third-order valence-corrected chi connectivity index (χ3v) is 4.91. The standard InChI is InChI=1S/C25H30N2O3/c1-19(24(29)15-9-20-5-11-22(12-6-20)26(2)3)25(30)16-10-21-7-13-23(14-8-21)27(4)17-18-28/h5-16,19,28H,17-18H2,1-4H3/b15-9+,16-10+. The van der Waals surface area contributed by atoms with E-state index in [0.29, 0.717) is 6.54 Å². The zero-order chi connectivity index (χ0) is 22.1. The Balaban J connectivity index is 1.94. The van der Waals surface area contributed by atoms with Crippen molar-refractivity contribution in [1.29, 1.82) is 0 Å². The quantitative estimate of drug-likeness (QED) is 0.482. The van der Waals surface area contributed by atoms with Crippen LogP contribution >= 0.6 is 0 Å². The number of aliphatic hydroxyl groups is 1. The Morgan fingerprint density at radius 2 is 1.27 bits per heavy atom. The minimum atomic E-state index is -0.728. The highest BCUT2D eigenvalue weighted by molar-refractivity contribution is 6.13. The van der Waals surface area contributed by atoms with Crippen LogP contribution in [0, 0.1) is 5.92 Å². The highest BCUT2D eigenvalue weighted by atomic mass is 16.3. The molecule has 0 aromatic heterocycles. The molecule has 2 aromatic carbocycles. The summed E-state index contributed by atoms with van der Waals surface area (Å²) in [5.41, 5.74) is 3.86. The molecule has 2 rings (SSSR count). The first-order valence-electron chi connectivity index (χ1n) is 9.95. The Hall–Kier alpha value is -3.18. The van der Waals surface area contributed by atoms with Crippen LogP contribution in [0.5, 0.6) is 0 Å². The highest BCUT2D eigenvalue weighted by Gasteiger charge is 2.16. The first-order chi connectivity index (χ1) is 14.3. The predicted octanol–water partition coefficient (Wildman–Crippen LogP) is 3.68. The maximum Gasteiger partial charge on any atom is 0.166 e. The summed E-state index contributed by atoms with van der Waals surface area (Å²) in [6, 6.07) is 15.5. The lowest BCUT2D eigenvalue weighted by Crippen LogP contribution is -2.20. The number of benzene rings is 2. The number of carbonyl (C=O) groups is 2. The van der Waals surface area contributed by atoms with E-state index in [9.17, 15) is 9.59 Å². The van der Waals surface area contributed by atoms with Gasteiger partial charge in [-0.2, -0.15) is 0 Å². The van der Waals surface area contributed by atoms with Crippen molar-refractivity contribution in [2.75, 3.05) is 44.1 Å². The van der Waals surface area contributed by atoms with E-state index in [1.165, 1.54) is 12.2 Å². The molecule has 30 heavy (non-hydrogen) atoms. The summed E-state index contributed by atoms with van der Waals surface area (Å²) in [5, 5.41) is 9.00. The van der Waals surface area contributed by atoms with Crippen molar-refractivity contribution in [3.63, 3.8) is 0 Å².